The Balaban J connectivity index is 3.97. The van der Waals surface area contributed by atoms with Crippen LogP contribution < -0.4 is 0 Å². The van der Waals surface area contributed by atoms with Crippen molar-refractivity contribution in [2.24, 2.45) is 0 Å². The Morgan fingerprint density at radius 3 is 2.20 bits per heavy atom. The lowest BCUT2D eigenvalue weighted by molar-refractivity contribution is 1.53. The monoisotopic (exact) mass is 149 g/mol. The third kappa shape index (κ3) is 7.01. The van der Waals surface area contributed by atoms with Gasteiger partial charge in [0.1, 0.15) is 8.07 Å². The smallest absolute Gasteiger partial charge is 0.129 e. The molecule has 0 saturated heterocycles. The van der Waals surface area contributed by atoms with Gasteiger partial charge in [-0.2, -0.15) is 5.26 Å². The van der Waals surface area contributed by atoms with E-state index in [1.165, 1.54) is 6.08 Å². The summed E-state index contributed by atoms with van der Waals surface area (Å²) in [5, 5.41) is 8.10. The molecule has 0 saturated carbocycles. The van der Waals surface area contributed by atoms with Crippen LogP contribution in [0.25, 0.3) is 0 Å². The van der Waals surface area contributed by atoms with Crippen LogP contribution in [-0.2, 0) is 0 Å². The molecular weight excluding hydrogens is 138 g/mol. The molecule has 0 aliphatic rings. The van der Waals surface area contributed by atoms with Gasteiger partial charge in [0, 0.05) is 6.08 Å². The van der Waals surface area contributed by atoms with E-state index in [2.05, 4.69) is 31.1 Å². The summed E-state index contributed by atoms with van der Waals surface area (Å²) in [6.07, 6.45) is 2.99. The van der Waals surface area contributed by atoms with Gasteiger partial charge in [0.15, 0.2) is 0 Å². The van der Waals surface area contributed by atoms with Gasteiger partial charge >= 0.3 is 0 Å². The predicted octanol–water partition coefficient (Wildman–Crippen LogP) is 1.95. The molecule has 0 aliphatic heterocycles. The lowest BCUT2D eigenvalue weighted by Gasteiger charge is -2.01. The van der Waals surface area contributed by atoms with Crippen molar-refractivity contribution in [2.75, 3.05) is 0 Å². The lowest BCUT2D eigenvalue weighted by atomic mass is 10.5. The van der Waals surface area contributed by atoms with E-state index in [0.29, 0.717) is 0 Å². The van der Waals surface area contributed by atoms with E-state index in [0.717, 1.165) is 0 Å². The van der Waals surface area contributed by atoms with E-state index in [1.807, 2.05) is 6.07 Å². The van der Waals surface area contributed by atoms with Crippen molar-refractivity contribution in [1.29, 1.82) is 5.26 Å². The molecule has 0 aliphatic carbocycles. The molecule has 0 amide bonds. The van der Waals surface area contributed by atoms with Crippen LogP contribution in [0, 0.1) is 22.8 Å². The van der Waals surface area contributed by atoms with E-state index >= 15 is 0 Å². The van der Waals surface area contributed by atoms with E-state index < -0.39 is 8.07 Å². The van der Waals surface area contributed by atoms with E-state index in [4.69, 9.17) is 5.26 Å². The average Bonchev–Trinajstić information content (AvgIpc) is 1.78. The first-order chi connectivity index (χ1) is 4.56. The molecular formula is C8H11NSi. The van der Waals surface area contributed by atoms with Crippen LogP contribution in [0.15, 0.2) is 12.2 Å². The van der Waals surface area contributed by atoms with E-state index in [1.54, 1.807) is 6.08 Å². The highest BCUT2D eigenvalue weighted by atomic mass is 28.3. The minimum Gasteiger partial charge on any atom is -0.193 e. The molecule has 0 spiro atoms. The molecule has 0 aromatic rings. The fraction of sp³-hybridized carbons (Fsp3) is 0.375. The third-order valence-corrected chi connectivity index (χ3v) is 1.58. The third-order valence-electron chi connectivity index (χ3n) is 0.688. The molecule has 0 N–H and O–H groups in total. The van der Waals surface area contributed by atoms with Gasteiger partial charge in [-0.3, -0.25) is 0 Å². The zero-order chi connectivity index (χ0) is 8.04. The molecule has 0 radical (unpaired) electrons. The zero-order valence-corrected chi connectivity index (χ0v) is 7.60. The maximum absolute atomic E-state index is 8.10. The fourth-order valence-electron chi connectivity index (χ4n) is 0.337. The quantitative estimate of drug-likeness (QED) is 0.293. The summed E-state index contributed by atoms with van der Waals surface area (Å²) in [6, 6.07) is 1.89. The molecule has 0 atom stereocenters. The molecule has 1 nitrogen and oxygen atoms in total. The summed E-state index contributed by atoms with van der Waals surface area (Å²) in [4.78, 5) is 0. The SMILES string of the molecule is C[Si](C)(C)C#CC=CC#N. The lowest BCUT2D eigenvalue weighted by Crippen LogP contribution is -2.16. The minimum absolute atomic E-state index is 1.23. The Morgan fingerprint density at radius 1 is 1.20 bits per heavy atom. The first-order valence-electron chi connectivity index (χ1n) is 3.13. The van der Waals surface area contributed by atoms with Gasteiger partial charge in [-0.15, -0.1) is 5.54 Å². The highest BCUT2D eigenvalue weighted by molar-refractivity contribution is 6.83. The average molecular weight is 149 g/mol. The van der Waals surface area contributed by atoms with Crippen LogP contribution in [0.5, 0.6) is 0 Å². The standard InChI is InChI=1S/C8H11NSi/c1-10(2,3)8-6-4-5-7-9/h4-5H,1-3H3. The zero-order valence-electron chi connectivity index (χ0n) is 6.60. The molecule has 0 fully saturated rings. The number of hydrogen-bond donors (Lipinski definition) is 0. The normalized spacial score (nSPS) is 10.2. The van der Waals surface area contributed by atoms with Crippen LogP contribution in [0.2, 0.25) is 19.6 Å². The second-order valence-corrected chi connectivity index (χ2v) is 7.73. The molecule has 0 unspecified atom stereocenters. The Bertz CT molecular complexity index is 216. The van der Waals surface area contributed by atoms with Crippen molar-refractivity contribution >= 4 is 8.07 Å². The van der Waals surface area contributed by atoms with Gasteiger partial charge in [-0.1, -0.05) is 25.6 Å². The van der Waals surface area contributed by atoms with Crippen LogP contribution in [0.3, 0.4) is 0 Å². The Morgan fingerprint density at radius 2 is 1.80 bits per heavy atom. The summed E-state index contributed by atoms with van der Waals surface area (Å²) >= 11 is 0. The van der Waals surface area contributed by atoms with E-state index in [-0.39, 0.29) is 0 Å². The maximum atomic E-state index is 8.10. The molecule has 0 heterocycles. The highest BCUT2D eigenvalue weighted by Crippen LogP contribution is 1.95. The number of allylic oxidation sites excluding steroid dienone is 2. The Labute approximate surface area is 63.4 Å². The van der Waals surface area contributed by atoms with Crippen molar-refractivity contribution < 1.29 is 0 Å². The minimum atomic E-state index is -1.23. The van der Waals surface area contributed by atoms with Crippen molar-refractivity contribution in [3.63, 3.8) is 0 Å². The van der Waals surface area contributed by atoms with Crippen LogP contribution in [-0.4, -0.2) is 8.07 Å². The number of nitrogens with zero attached hydrogens (tertiary/aromatic N) is 1. The van der Waals surface area contributed by atoms with Gasteiger partial charge in [0.2, 0.25) is 0 Å². The summed E-state index contributed by atoms with van der Waals surface area (Å²) in [7, 11) is -1.23. The van der Waals surface area contributed by atoms with Crippen LogP contribution in [0.1, 0.15) is 0 Å². The van der Waals surface area contributed by atoms with Crippen LogP contribution in [0.4, 0.5) is 0 Å². The molecule has 0 rings (SSSR count). The largest absolute Gasteiger partial charge is 0.193 e. The van der Waals surface area contributed by atoms with Gasteiger partial charge in [0.05, 0.1) is 6.07 Å². The summed E-state index contributed by atoms with van der Waals surface area (Å²) in [5.74, 6) is 2.83. The van der Waals surface area contributed by atoms with Crippen molar-refractivity contribution in [3.05, 3.63) is 12.2 Å². The van der Waals surface area contributed by atoms with Crippen molar-refractivity contribution in [1.82, 2.24) is 0 Å². The van der Waals surface area contributed by atoms with Gasteiger partial charge < -0.3 is 0 Å². The molecule has 0 aromatic heterocycles. The second-order valence-electron chi connectivity index (χ2n) is 2.98. The molecule has 0 aromatic carbocycles. The number of nitriles is 1. The summed E-state index contributed by atoms with van der Waals surface area (Å²) in [6.45, 7) is 6.50. The molecule has 0 bridgehead atoms. The van der Waals surface area contributed by atoms with Crippen molar-refractivity contribution in [3.8, 4) is 17.5 Å². The van der Waals surface area contributed by atoms with Crippen molar-refractivity contribution in [2.45, 2.75) is 19.6 Å². The summed E-state index contributed by atoms with van der Waals surface area (Å²) in [5.41, 5.74) is 3.11. The summed E-state index contributed by atoms with van der Waals surface area (Å²) < 4.78 is 0. The van der Waals surface area contributed by atoms with Gasteiger partial charge in [-0.05, 0) is 6.08 Å². The van der Waals surface area contributed by atoms with Gasteiger partial charge in [0.25, 0.3) is 0 Å². The number of hydrogen-bond acceptors (Lipinski definition) is 1. The fourth-order valence-corrected chi connectivity index (χ4v) is 0.853. The number of rotatable bonds is 0. The first-order valence-corrected chi connectivity index (χ1v) is 6.63. The maximum Gasteiger partial charge on any atom is 0.129 e. The Hall–Kier alpha value is -0.993. The second kappa shape index (κ2) is 3.93. The predicted molar refractivity (Wildman–Crippen MR) is 45.9 cm³/mol. The van der Waals surface area contributed by atoms with Gasteiger partial charge in [-0.25, -0.2) is 0 Å². The van der Waals surface area contributed by atoms with Crippen LogP contribution >= 0.6 is 0 Å². The Kier molecular flexibility index (Phi) is 3.54. The molecule has 10 heavy (non-hydrogen) atoms. The molecule has 52 valence electrons. The topological polar surface area (TPSA) is 23.8 Å². The highest BCUT2D eigenvalue weighted by Gasteiger charge is 2.06. The first kappa shape index (κ1) is 9.01. The molecule has 2 heteroatoms. The van der Waals surface area contributed by atoms with E-state index in [9.17, 15) is 0 Å².